The summed E-state index contributed by atoms with van der Waals surface area (Å²) in [5, 5.41) is 0. The molecule has 2 aromatic rings. The molecule has 0 radical (unpaired) electrons. The molecule has 2 aromatic carbocycles. The smallest absolute Gasteiger partial charge is 0.137 e. The molecule has 0 aliphatic heterocycles. The van der Waals surface area contributed by atoms with Gasteiger partial charge in [-0.25, -0.2) is 13.2 Å². The third-order valence-electron chi connectivity index (χ3n) is 7.36. The number of unbranched alkanes of at least 4 members (excludes halogenated alkanes) is 1. The van der Waals surface area contributed by atoms with Gasteiger partial charge in [0.25, 0.3) is 0 Å². The van der Waals surface area contributed by atoms with Crippen LogP contribution in [-0.4, -0.2) is 0 Å². The minimum atomic E-state index is -0.561. The van der Waals surface area contributed by atoms with Gasteiger partial charge in [0.05, 0.1) is 5.56 Å². The van der Waals surface area contributed by atoms with Gasteiger partial charge in [-0.1, -0.05) is 75.7 Å². The van der Waals surface area contributed by atoms with Gasteiger partial charge in [-0.3, -0.25) is 0 Å². The first-order chi connectivity index (χ1) is 15.0. The first-order valence-corrected chi connectivity index (χ1v) is 12.0. The molecule has 0 N–H and O–H groups in total. The molecule has 0 atom stereocenters. The highest BCUT2D eigenvalue weighted by Crippen LogP contribution is 2.37. The van der Waals surface area contributed by atoms with Gasteiger partial charge in [0.15, 0.2) is 0 Å². The molecule has 3 heteroatoms. The van der Waals surface area contributed by atoms with Crippen molar-refractivity contribution in [3.8, 4) is 11.1 Å². The first-order valence-electron chi connectivity index (χ1n) is 12.0. The number of hydrogen-bond donors (Lipinski definition) is 0. The van der Waals surface area contributed by atoms with E-state index in [0.29, 0.717) is 24.0 Å². The van der Waals surface area contributed by atoms with E-state index in [9.17, 15) is 8.78 Å². The second-order valence-electron chi connectivity index (χ2n) is 9.50. The Bertz CT molecular complexity index is 918. The summed E-state index contributed by atoms with van der Waals surface area (Å²) in [5.41, 5.74) is 3.00. The maximum Gasteiger partial charge on any atom is 0.137 e. The lowest BCUT2D eigenvalue weighted by molar-refractivity contribution is 0.249. The van der Waals surface area contributed by atoms with Crippen LogP contribution in [0, 0.1) is 29.3 Å². The van der Waals surface area contributed by atoms with Crippen LogP contribution in [0.3, 0.4) is 0 Å². The first kappa shape index (κ1) is 22.2. The summed E-state index contributed by atoms with van der Waals surface area (Å²) in [7, 11) is 0. The number of halogens is 3. The third-order valence-corrected chi connectivity index (χ3v) is 7.36. The molecular formula is C28H33F3. The van der Waals surface area contributed by atoms with E-state index in [1.165, 1.54) is 87.3 Å². The largest absolute Gasteiger partial charge is 0.207 e. The van der Waals surface area contributed by atoms with Gasteiger partial charge in [-0.15, -0.1) is 0 Å². The van der Waals surface area contributed by atoms with Crippen LogP contribution in [0.1, 0.15) is 75.8 Å². The van der Waals surface area contributed by atoms with Crippen molar-refractivity contribution in [2.24, 2.45) is 11.8 Å². The summed E-state index contributed by atoms with van der Waals surface area (Å²) in [4.78, 5) is 0. The van der Waals surface area contributed by atoms with Crippen molar-refractivity contribution in [2.45, 2.75) is 77.6 Å². The van der Waals surface area contributed by atoms with Crippen LogP contribution in [0.25, 0.3) is 11.1 Å². The predicted molar refractivity (Wildman–Crippen MR) is 121 cm³/mol. The SMILES string of the molecule is CCCCC1CCC(CCC2=CCc3c(cc(F)c(-c4ccc(F)cc4)c3F)C2)CC1. The molecule has 2 aliphatic rings. The fraction of sp³-hybridized carbons (Fsp3) is 0.500. The number of hydrogen-bond acceptors (Lipinski definition) is 0. The molecule has 1 saturated carbocycles. The van der Waals surface area contributed by atoms with Crippen molar-refractivity contribution in [1.82, 2.24) is 0 Å². The monoisotopic (exact) mass is 426 g/mol. The Morgan fingerprint density at radius 1 is 0.903 bits per heavy atom. The Hall–Kier alpha value is -2.03. The molecule has 0 aromatic heterocycles. The minimum absolute atomic E-state index is 0.0459. The fourth-order valence-electron chi connectivity index (χ4n) is 5.41. The van der Waals surface area contributed by atoms with Crippen LogP contribution in [0.15, 0.2) is 42.0 Å². The highest BCUT2D eigenvalue weighted by atomic mass is 19.1. The van der Waals surface area contributed by atoms with Gasteiger partial charge in [0.1, 0.15) is 17.5 Å². The Morgan fingerprint density at radius 3 is 2.26 bits per heavy atom. The molecule has 2 aliphatic carbocycles. The summed E-state index contributed by atoms with van der Waals surface area (Å²) in [5.74, 6) is 0.258. The van der Waals surface area contributed by atoms with Crippen LogP contribution in [0.5, 0.6) is 0 Å². The van der Waals surface area contributed by atoms with Gasteiger partial charge < -0.3 is 0 Å². The van der Waals surface area contributed by atoms with Crippen LogP contribution in [0.4, 0.5) is 13.2 Å². The maximum absolute atomic E-state index is 15.2. The zero-order valence-electron chi connectivity index (χ0n) is 18.5. The van der Waals surface area contributed by atoms with E-state index in [0.717, 1.165) is 23.8 Å². The Balaban J connectivity index is 1.38. The van der Waals surface area contributed by atoms with Crippen LogP contribution < -0.4 is 0 Å². The van der Waals surface area contributed by atoms with Gasteiger partial charge in [-0.2, -0.15) is 0 Å². The highest BCUT2D eigenvalue weighted by molar-refractivity contribution is 5.67. The van der Waals surface area contributed by atoms with Crippen LogP contribution in [0.2, 0.25) is 0 Å². The second-order valence-corrected chi connectivity index (χ2v) is 9.50. The van der Waals surface area contributed by atoms with Gasteiger partial charge in [0, 0.05) is 0 Å². The van der Waals surface area contributed by atoms with E-state index in [-0.39, 0.29) is 5.56 Å². The molecule has 0 bridgehead atoms. The second kappa shape index (κ2) is 10.1. The van der Waals surface area contributed by atoms with Gasteiger partial charge >= 0.3 is 0 Å². The van der Waals surface area contributed by atoms with E-state index in [4.69, 9.17) is 0 Å². The van der Waals surface area contributed by atoms with Crippen LogP contribution >= 0.6 is 0 Å². The van der Waals surface area contributed by atoms with E-state index in [1.54, 1.807) is 0 Å². The number of fused-ring (bicyclic) bond motifs is 1. The Morgan fingerprint density at radius 2 is 1.58 bits per heavy atom. The summed E-state index contributed by atoms with van der Waals surface area (Å²) >= 11 is 0. The molecule has 0 amide bonds. The van der Waals surface area contributed by atoms with Gasteiger partial charge in [0.2, 0.25) is 0 Å². The number of rotatable bonds is 7. The van der Waals surface area contributed by atoms with E-state index in [2.05, 4.69) is 13.0 Å². The average molecular weight is 427 g/mol. The molecule has 1 fully saturated rings. The quantitative estimate of drug-likeness (QED) is 0.389. The third kappa shape index (κ3) is 5.25. The summed E-state index contributed by atoms with van der Waals surface area (Å²) < 4.78 is 43.2. The Labute approximate surface area is 184 Å². The van der Waals surface area contributed by atoms with Crippen molar-refractivity contribution in [3.63, 3.8) is 0 Å². The molecule has 0 saturated heterocycles. The van der Waals surface area contributed by atoms with E-state index >= 15 is 4.39 Å². The molecular weight excluding hydrogens is 393 g/mol. The fourth-order valence-corrected chi connectivity index (χ4v) is 5.41. The standard InChI is InChI=1S/C28H33F3/c1-2-3-4-19-5-7-20(8-6-19)9-10-21-11-16-25-23(17-21)18-26(30)27(28(25)31)22-12-14-24(29)15-13-22/h11-15,18-20H,2-10,16-17H2,1H3. The predicted octanol–water partition coefficient (Wildman–Crippen LogP) is 8.57. The van der Waals surface area contributed by atoms with E-state index < -0.39 is 17.5 Å². The number of benzene rings is 2. The van der Waals surface area contributed by atoms with Gasteiger partial charge in [-0.05, 0) is 72.4 Å². The lowest BCUT2D eigenvalue weighted by Crippen LogP contribution is -2.15. The molecule has 31 heavy (non-hydrogen) atoms. The molecule has 166 valence electrons. The minimum Gasteiger partial charge on any atom is -0.207 e. The summed E-state index contributed by atoms with van der Waals surface area (Å²) in [6, 6.07) is 6.84. The zero-order valence-corrected chi connectivity index (χ0v) is 18.5. The number of allylic oxidation sites excluding steroid dienone is 2. The summed E-state index contributed by atoms with van der Waals surface area (Å²) in [6.45, 7) is 2.27. The Kier molecular flexibility index (Phi) is 7.20. The molecule has 0 heterocycles. The molecule has 0 unspecified atom stereocenters. The summed E-state index contributed by atoms with van der Waals surface area (Å²) in [6.07, 6.45) is 15.0. The van der Waals surface area contributed by atoms with Crippen molar-refractivity contribution in [3.05, 3.63) is 70.6 Å². The highest BCUT2D eigenvalue weighted by Gasteiger charge is 2.24. The van der Waals surface area contributed by atoms with Crippen molar-refractivity contribution >= 4 is 0 Å². The average Bonchev–Trinajstić information content (AvgIpc) is 2.78. The normalized spacial score (nSPS) is 21.0. The van der Waals surface area contributed by atoms with Crippen LogP contribution in [-0.2, 0) is 12.8 Å². The van der Waals surface area contributed by atoms with Crippen molar-refractivity contribution < 1.29 is 13.2 Å². The van der Waals surface area contributed by atoms with E-state index in [1.807, 2.05) is 0 Å². The lowest BCUT2D eigenvalue weighted by Gasteiger charge is -2.29. The zero-order chi connectivity index (χ0) is 21.8. The molecule has 0 spiro atoms. The maximum atomic E-state index is 15.2. The molecule has 4 rings (SSSR count). The van der Waals surface area contributed by atoms with Crippen molar-refractivity contribution in [1.29, 1.82) is 0 Å². The lowest BCUT2D eigenvalue weighted by atomic mass is 9.77. The van der Waals surface area contributed by atoms with Crippen molar-refractivity contribution in [2.75, 3.05) is 0 Å². The topological polar surface area (TPSA) is 0 Å². The molecule has 0 nitrogen and oxygen atoms in total.